The van der Waals surface area contributed by atoms with E-state index >= 15 is 0 Å². The lowest BCUT2D eigenvalue weighted by Gasteiger charge is -2.22. The third-order valence-electron chi connectivity index (χ3n) is 5.68. The van der Waals surface area contributed by atoms with Gasteiger partial charge in [-0.3, -0.25) is 4.79 Å². The van der Waals surface area contributed by atoms with Gasteiger partial charge in [-0.25, -0.2) is 4.39 Å². The minimum absolute atomic E-state index is 0.107. The topological polar surface area (TPSA) is 68.2 Å². The van der Waals surface area contributed by atoms with Gasteiger partial charge in [-0.2, -0.15) is 0 Å². The fraction of sp³-hybridized carbons (Fsp3) is 0.458. The van der Waals surface area contributed by atoms with Gasteiger partial charge in [0.25, 0.3) is 5.91 Å². The van der Waals surface area contributed by atoms with Crippen molar-refractivity contribution in [2.75, 3.05) is 19.7 Å². The van der Waals surface area contributed by atoms with Crippen LogP contribution in [0.1, 0.15) is 32.3 Å². The van der Waals surface area contributed by atoms with Crippen LogP contribution >= 0.6 is 0 Å². The molecule has 0 bridgehead atoms. The van der Waals surface area contributed by atoms with E-state index in [9.17, 15) is 14.3 Å². The molecule has 2 aliphatic heterocycles. The molecule has 2 heterocycles. The molecule has 2 aliphatic rings. The van der Waals surface area contributed by atoms with Crippen LogP contribution < -0.4 is 14.2 Å². The number of likely N-dealkylation sites (tertiary alicyclic amines) is 1. The van der Waals surface area contributed by atoms with Crippen LogP contribution in [0.25, 0.3) is 0 Å². The van der Waals surface area contributed by atoms with Crippen molar-refractivity contribution in [3.8, 4) is 17.2 Å². The van der Waals surface area contributed by atoms with Gasteiger partial charge in [0.1, 0.15) is 11.7 Å². The smallest absolute Gasteiger partial charge is 0.260 e. The quantitative estimate of drug-likeness (QED) is 0.790. The minimum Gasteiger partial charge on any atom is -0.485 e. The Morgan fingerprint density at radius 2 is 1.90 bits per heavy atom. The first kappa shape index (κ1) is 21.4. The van der Waals surface area contributed by atoms with Crippen molar-refractivity contribution in [1.82, 2.24) is 4.90 Å². The molecule has 4 rings (SSSR count). The van der Waals surface area contributed by atoms with E-state index in [1.54, 1.807) is 23.1 Å². The summed E-state index contributed by atoms with van der Waals surface area (Å²) in [6.45, 7) is 4.70. The van der Waals surface area contributed by atoms with Crippen molar-refractivity contribution in [3.05, 3.63) is 53.8 Å². The average Bonchev–Trinajstić information content (AvgIpc) is 2.94. The van der Waals surface area contributed by atoms with Crippen molar-refractivity contribution in [3.63, 3.8) is 0 Å². The van der Waals surface area contributed by atoms with Gasteiger partial charge in [-0.15, -0.1) is 0 Å². The second kappa shape index (κ2) is 8.75. The Kier molecular flexibility index (Phi) is 6.05. The molecule has 2 atom stereocenters. The Labute approximate surface area is 181 Å². The third-order valence-corrected chi connectivity index (χ3v) is 5.68. The number of fused-ring (bicyclic) bond motifs is 1. The molecule has 1 amide bonds. The van der Waals surface area contributed by atoms with Gasteiger partial charge >= 0.3 is 0 Å². The molecule has 166 valence electrons. The maximum Gasteiger partial charge on any atom is 0.260 e. The number of benzene rings is 2. The molecule has 1 fully saturated rings. The van der Waals surface area contributed by atoms with Gasteiger partial charge in [0.05, 0.1) is 6.10 Å². The second-order valence-electron chi connectivity index (χ2n) is 8.68. The second-order valence-corrected chi connectivity index (χ2v) is 8.68. The van der Waals surface area contributed by atoms with Crippen LogP contribution in [0.2, 0.25) is 0 Å². The molecule has 6 nitrogen and oxygen atoms in total. The number of hydrogen-bond donors (Lipinski definition) is 1. The van der Waals surface area contributed by atoms with Crippen molar-refractivity contribution < 1.29 is 28.5 Å². The predicted molar refractivity (Wildman–Crippen MR) is 113 cm³/mol. The fourth-order valence-corrected chi connectivity index (χ4v) is 4.08. The monoisotopic (exact) mass is 429 g/mol. The number of carbonyl (C=O) groups excluding carboxylic acids is 1. The first-order chi connectivity index (χ1) is 14.8. The molecular weight excluding hydrogens is 401 g/mol. The Hall–Kier alpha value is -2.80. The van der Waals surface area contributed by atoms with E-state index in [-0.39, 0.29) is 23.9 Å². The van der Waals surface area contributed by atoms with Crippen LogP contribution in [0, 0.1) is 5.82 Å². The summed E-state index contributed by atoms with van der Waals surface area (Å²) in [5.74, 6) is 0.724. The predicted octanol–water partition coefficient (Wildman–Crippen LogP) is 3.35. The number of nitrogens with zero attached hydrogens (tertiary/aromatic N) is 1. The largest absolute Gasteiger partial charge is 0.485 e. The maximum atomic E-state index is 13.9. The summed E-state index contributed by atoms with van der Waals surface area (Å²) in [4.78, 5) is 14.4. The minimum atomic E-state index is -0.786. The van der Waals surface area contributed by atoms with Crippen molar-refractivity contribution in [2.24, 2.45) is 0 Å². The molecule has 2 aromatic carbocycles. The normalized spacial score (nSPS) is 22.3. The van der Waals surface area contributed by atoms with E-state index in [0.29, 0.717) is 37.4 Å². The molecular formula is C24H28FNO5. The molecule has 7 heteroatoms. The van der Waals surface area contributed by atoms with Crippen LogP contribution in [0.4, 0.5) is 4.39 Å². The molecule has 0 aliphatic carbocycles. The summed E-state index contributed by atoms with van der Waals surface area (Å²) in [6.07, 6.45) is 0.179. The van der Waals surface area contributed by atoms with Gasteiger partial charge in [-0.1, -0.05) is 24.3 Å². The van der Waals surface area contributed by atoms with Crippen LogP contribution in [0.5, 0.6) is 17.2 Å². The number of rotatable bonds is 5. The van der Waals surface area contributed by atoms with E-state index in [0.717, 1.165) is 12.0 Å². The van der Waals surface area contributed by atoms with Crippen molar-refractivity contribution in [1.29, 1.82) is 0 Å². The number of aliphatic hydroxyl groups excluding tert-OH is 1. The molecule has 0 spiro atoms. The summed E-state index contributed by atoms with van der Waals surface area (Å²) in [5.41, 5.74) is 0.779. The van der Waals surface area contributed by atoms with Gasteiger partial charge < -0.3 is 24.2 Å². The molecule has 0 saturated carbocycles. The van der Waals surface area contributed by atoms with Gasteiger partial charge in [-0.05, 0) is 38.5 Å². The highest BCUT2D eigenvalue weighted by Gasteiger charge is 2.33. The van der Waals surface area contributed by atoms with E-state index < -0.39 is 18.0 Å². The van der Waals surface area contributed by atoms with Crippen molar-refractivity contribution in [2.45, 2.75) is 50.9 Å². The van der Waals surface area contributed by atoms with E-state index in [1.807, 2.05) is 26.0 Å². The molecule has 31 heavy (non-hydrogen) atoms. The van der Waals surface area contributed by atoms with Crippen LogP contribution in [-0.4, -0.2) is 53.4 Å². The van der Waals surface area contributed by atoms with Crippen molar-refractivity contribution >= 4 is 5.91 Å². The number of para-hydroxylation sites is 2. The zero-order valence-electron chi connectivity index (χ0n) is 17.8. The highest BCUT2D eigenvalue weighted by Crippen LogP contribution is 2.41. The van der Waals surface area contributed by atoms with Crippen LogP contribution in [0.15, 0.2) is 42.5 Å². The highest BCUT2D eigenvalue weighted by atomic mass is 19.1. The van der Waals surface area contributed by atoms with Gasteiger partial charge in [0, 0.05) is 31.5 Å². The number of ether oxygens (including phenoxy) is 3. The number of carbonyl (C=O) groups is 1. The molecule has 0 radical (unpaired) electrons. The molecule has 1 N–H and O–H groups in total. The molecule has 0 aromatic heterocycles. The van der Waals surface area contributed by atoms with Crippen LogP contribution in [0.3, 0.4) is 0 Å². The Bertz CT molecular complexity index is 947. The number of halogens is 1. The van der Waals surface area contributed by atoms with Gasteiger partial charge in [0.15, 0.2) is 29.7 Å². The summed E-state index contributed by atoms with van der Waals surface area (Å²) in [5, 5.41) is 10.4. The van der Waals surface area contributed by atoms with E-state index in [2.05, 4.69) is 0 Å². The van der Waals surface area contributed by atoms with Gasteiger partial charge in [0.2, 0.25) is 0 Å². The van der Waals surface area contributed by atoms with E-state index in [1.165, 1.54) is 12.1 Å². The summed E-state index contributed by atoms with van der Waals surface area (Å²) < 4.78 is 31.4. The summed E-state index contributed by atoms with van der Waals surface area (Å²) >= 11 is 0. The van der Waals surface area contributed by atoms with E-state index in [4.69, 9.17) is 14.2 Å². The lowest BCUT2D eigenvalue weighted by atomic mass is 10.0. The first-order valence-electron chi connectivity index (χ1n) is 10.6. The highest BCUT2D eigenvalue weighted by molar-refractivity contribution is 5.78. The Morgan fingerprint density at radius 3 is 2.71 bits per heavy atom. The number of hydrogen-bond acceptors (Lipinski definition) is 5. The fourth-order valence-electron chi connectivity index (χ4n) is 4.08. The number of amides is 1. The lowest BCUT2D eigenvalue weighted by Crippen LogP contribution is -2.36. The average molecular weight is 429 g/mol. The van der Waals surface area contributed by atoms with Crippen LogP contribution in [-0.2, 0) is 11.2 Å². The Morgan fingerprint density at radius 1 is 1.16 bits per heavy atom. The summed E-state index contributed by atoms with van der Waals surface area (Å²) in [6, 6.07) is 11.8. The standard InChI is InChI=1S/C24H28FNO5/c1-24(2)14-16-6-5-9-21(23(16)31-24)29-15-22(28)26-12-10-18(27)20(11-13-26)30-19-8-4-3-7-17(19)25/h3-9,18,20,27H,10-15H2,1-2H3/t18-,20-/m0/s1. The zero-order chi connectivity index (χ0) is 22.0. The molecule has 0 unspecified atom stereocenters. The Balaban J connectivity index is 1.34. The number of aliphatic hydroxyl groups is 1. The SMILES string of the molecule is CC1(C)Cc2cccc(OCC(=O)N3CC[C@H](Oc4ccccc4F)[C@@H](O)CC3)c2O1. The lowest BCUT2D eigenvalue weighted by molar-refractivity contribution is -0.133. The third kappa shape index (κ3) is 4.93. The maximum absolute atomic E-state index is 13.9. The molecule has 1 saturated heterocycles. The summed E-state index contributed by atoms with van der Waals surface area (Å²) in [7, 11) is 0. The zero-order valence-corrected chi connectivity index (χ0v) is 17.8. The first-order valence-corrected chi connectivity index (χ1v) is 10.6. The molecule has 2 aromatic rings.